The predicted molar refractivity (Wildman–Crippen MR) is 69.4 cm³/mol. The van der Waals surface area contributed by atoms with Crippen molar-refractivity contribution in [1.82, 2.24) is 5.32 Å². The molecule has 0 bridgehead atoms. The lowest BCUT2D eigenvalue weighted by Gasteiger charge is -2.17. The van der Waals surface area contributed by atoms with E-state index in [0.29, 0.717) is 16.2 Å². The van der Waals surface area contributed by atoms with Gasteiger partial charge >= 0.3 is 0 Å². The highest BCUT2D eigenvalue weighted by molar-refractivity contribution is 8.00. The van der Waals surface area contributed by atoms with Crippen molar-refractivity contribution in [3.05, 3.63) is 29.8 Å². The largest absolute Gasteiger partial charge is 0.314 e. The van der Waals surface area contributed by atoms with Crippen LogP contribution in [0.25, 0.3) is 0 Å². The first kappa shape index (κ1) is 14.5. The van der Waals surface area contributed by atoms with E-state index in [0.717, 1.165) is 19.0 Å². The maximum Gasteiger partial charge on any atom is 0.139 e. The molecule has 1 aromatic carbocycles. The molecule has 0 amide bonds. The molecular formula is C13H19F2NS. The SMILES string of the molecule is CCNC(C)CC(C)Sc1ccc(F)cc1F. The van der Waals surface area contributed by atoms with Gasteiger partial charge in [0, 0.05) is 22.3 Å². The molecule has 1 aromatic rings. The average molecular weight is 259 g/mol. The summed E-state index contributed by atoms with van der Waals surface area (Å²) < 4.78 is 26.2. The van der Waals surface area contributed by atoms with Gasteiger partial charge in [-0.15, -0.1) is 11.8 Å². The normalized spacial score (nSPS) is 14.6. The van der Waals surface area contributed by atoms with Crippen molar-refractivity contribution in [3.8, 4) is 0 Å². The molecule has 0 aliphatic heterocycles. The van der Waals surface area contributed by atoms with E-state index in [1.165, 1.54) is 23.9 Å². The van der Waals surface area contributed by atoms with Crippen LogP contribution >= 0.6 is 11.8 Å². The third-order valence-corrected chi connectivity index (χ3v) is 3.64. The summed E-state index contributed by atoms with van der Waals surface area (Å²) in [7, 11) is 0. The van der Waals surface area contributed by atoms with Gasteiger partial charge in [-0.2, -0.15) is 0 Å². The monoisotopic (exact) mass is 259 g/mol. The number of rotatable bonds is 6. The molecule has 0 radical (unpaired) electrons. The Morgan fingerprint density at radius 1 is 1.29 bits per heavy atom. The molecule has 0 fully saturated rings. The zero-order chi connectivity index (χ0) is 12.8. The summed E-state index contributed by atoms with van der Waals surface area (Å²) in [5.41, 5.74) is 0. The summed E-state index contributed by atoms with van der Waals surface area (Å²) in [6.07, 6.45) is 0.954. The van der Waals surface area contributed by atoms with Gasteiger partial charge in [0.05, 0.1) is 0 Å². The molecule has 0 heterocycles. The highest BCUT2D eigenvalue weighted by atomic mass is 32.2. The summed E-state index contributed by atoms with van der Waals surface area (Å²) in [5, 5.41) is 3.61. The Bertz CT molecular complexity index is 357. The first-order chi connectivity index (χ1) is 8.02. The Labute approximate surface area is 106 Å². The van der Waals surface area contributed by atoms with Crippen LogP contribution in [0.5, 0.6) is 0 Å². The molecule has 0 aromatic heterocycles. The van der Waals surface area contributed by atoms with Crippen molar-refractivity contribution in [2.24, 2.45) is 0 Å². The number of hydrogen-bond acceptors (Lipinski definition) is 2. The van der Waals surface area contributed by atoms with Crippen LogP contribution in [0, 0.1) is 11.6 Å². The van der Waals surface area contributed by atoms with Crippen molar-refractivity contribution < 1.29 is 8.78 Å². The molecule has 0 aliphatic carbocycles. The number of nitrogens with one attached hydrogen (secondary N) is 1. The second-order valence-corrected chi connectivity index (χ2v) is 5.68. The van der Waals surface area contributed by atoms with Gasteiger partial charge in [-0.05, 0) is 32.0 Å². The topological polar surface area (TPSA) is 12.0 Å². The van der Waals surface area contributed by atoms with Crippen molar-refractivity contribution in [2.75, 3.05) is 6.54 Å². The van der Waals surface area contributed by atoms with Gasteiger partial charge in [0.1, 0.15) is 11.6 Å². The summed E-state index contributed by atoms with van der Waals surface area (Å²) in [4.78, 5) is 0.516. The lowest BCUT2D eigenvalue weighted by molar-refractivity contribution is 0.528. The summed E-state index contributed by atoms with van der Waals surface area (Å²) in [6, 6.07) is 4.14. The Balaban J connectivity index is 2.52. The van der Waals surface area contributed by atoms with Gasteiger partial charge < -0.3 is 5.32 Å². The van der Waals surface area contributed by atoms with Crippen molar-refractivity contribution in [3.63, 3.8) is 0 Å². The van der Waals surface area contributed by atoms with Crippen molar-refractivity contribution >= 4 is 11.8 Å². The number of thioether (sulfide) groups is 1. The van der Waals surface area contributed by atoms with Crippen LogP contribution in [0.3, 0.4) is 0 Å². The lowest BCUT2D eigenvalue weighted by atomic mass is 10.2. The predicted octanol–water partition coefficient (Wildman–Crippen LogP) is 3.83. The smallest absolute Gasteiger partial charge is 0.139 e. The fraction of sp³-hybridized carbons (Fsp3) is 0.538. The average Bonchev–Trinajstić information content (AvgIpc) is 2.22. The van der Waals surface area contributed by atoms with Gasteiger partial charge in [-0.25, -0.2) is 8.78 Å². The Morgan fingerprint density at radius 2 is 2.00 bits per heavy atom. The van der Waals surface area contributed by atoms with Crippen LogP contribution < -0.4 is 5.32 Å². The van der Waals surface area contributed by atoms with Gasteiger partial charge in [-0.3, -0.25) is 0 Å². The first-order valence-corrected chi connectivity index (χ1v) is 6.76. The molecule has 0 aliphatic rings. The molecule has 2 unspecified atom stereocenters. The zero-order valence-corrected chi connectivity index (χ0v) is 11.3. The minimum absolute atomic E-state index is 0.295. The van der Waals surface area contributed by atoms with E-state index in [9.17, 15) is 8.78 Å². The van der Waals surface area contributed by atoms with E-state index in [2.05, 4.69) is 26.1 Å². The Morgan fingerprint density at radius 3 is 2.59 bits per heavy atom. The number of hydrogen-bond donors (Lipinski definition) is 1. The number of halogens is 2. The van der Waals surface area contributed by atoms with Gasteiger partial charge in [0.25, 0.3) is 0 Å². The third-order valence-electron chi connectivity index (χ3n) is 2.46. The standard InChI is InChI=1S/C13H19F2NS/c1-4-16-9(2)7-10(3)17-13-6-5-11(14)8-12(13)15/h5-6,8-10,16H,4,7H2,1-3H3. The van der Waals surface area contributed by atoms with E-state index in [-0.39, 0.29) is 0 Å². The van der Waals surface area contributed by atoms with Gasteiger partial charge in [-0.1, -0.05) is 13.8 Å². The van der Waals surface area contributed by atoms with Gasteiger partial charge in [0.15, 0.2) is 0 Å². The Kier molecular flexibility index (Phi) is 5.92. The molecule has 96 valence electrons. The molecule has 0 saturated carbocycles. The second-order valence-electron chi connectivity index (χ2n) is 4.20. The minimum Gasteiger partial charge on any atom is -0.314 e. The van der Waals surface area contributed by atoms with E-state index in [1.54, 1.807) is 0 Å². The molecule has 4 heteroatoms. The quantitative estimate of drug-likeness (QED) is 0.779. The molecular weight excluding hydrogens is 240 g/mol. The molecule has 1 rings (SSSR count). The molecule has 17 heavy (non-hydrogen) atoms. The highest BCUT2D eigenvalue weighted by Gasteiger charge is 2.12. The van der Waals surface area contributed by atoms with E-state index in [4.69, 9.17) is 0 Å². The fourth-order valence-corrected chi connectivity index (χ4v) is 2.90. The molecule has 0 spiro atoms. The van der Waals surface area contributed by atoms with E-state index >= 15 is 0 Å². The molecule has 1 nitrogen and oxygen atoms in total. The maximum atomic E-state index is 13.4. The van der Waals surface area contributed by atoms with E-state index in [1.807, 2.05) is 0 Å². The summed E-state index contributed by atoms with van der Waals surface area (Å²) >= 11 is 1.45. The zero-order valence-electron chi connectivity index (χ0n) is 10.5. The van der Waals surface area contributed by atoms with Crippen LogP contribution in [0.15, 0.2) is 23.1 Å². The van der Waals surface area contributed by atoms with Crippen LogP contribution in [0.4, 0.5) is 8.78 Å². The molecule has 1 N–H and O–H groups in total. The highest BCUT2D eigenvalue weighted by Crippen LogP contribution is 2.28. The fourth-order valence-electron chi connectivity index (χ4n) is 1.77. The molecule has 0 saturated heterocycles. The van der Waals surface area contributed by atoms with Crippen LogP contribution in [0.2, 0.25) is 0 Å². The van der Waals surface area contributed by atoms with Crippen LogP contribution in [-0.2, 0) is 0 Å². The number of benzene rings is 1. The van der Waals surface area contributed by atoms with Crippen LogP contribution in [-0.4, -0.2) is 17.8 Å². The third kappa shape index (κ3) is 5.04. The van der Waals surface area contributed by atoms with Crippen molar-refractivity contribution in [1.29, 1.82) is 0 Å². The van der Waals surface area contributed by atoms with Gasteiger partial charge in [0.2, 0.25) is 0 Å². The minimum atomic E-state index is -0.527. The van der Waals surface area contributed by atoms with Crippen LogP contribution in [0.1, 0.15) is 27.2 Å². The van der Waals surface area contributed by atoms with E-state index < -0.39 is 11.6 Å². The summed E-state index contributed by atoms with van der Waals surface area (Å²) in [5.74, 6) is -1.00. The Hall–Kier alpha value is -0.610. The first-order valence-electron chi connectivity index (χ1n) is 5.88. The summed E-state index contributed by atoms with van der Waals surface area (Å²) in [6.45, 7) is 7.17. The van der Waals surface area contributed by atoms with Crippen molar-refractivity contribution in [2.45, 2.75) is 43.4 Å². The maximum absolute atomic E-state index is 13.4. The molecule has 2 atom stereocenters. The lowest BCUT2D eigenvalue weighted by Crippen LogP contribution is -2.28. The second kappa shape index (κ2) is 6.97.